The van der Waals surface area contributed by atoms with Crippen LogP contribution in [0.3, 0.4) is 0 Å². The van der Waals surface area contributed by atoms with Gasteiger partial charge in [-0.1, -0.05) is 24.3 Å². The Morgan fingerprint density at radius 3 is 1.50 bits per heavy atom. The van der Waals surface area contributed by atoms with E-state index in [-0.39, 0.29) is 42.1 Å². The van der Waals surface area contributed by atoms with Crippen molar-refractivity contribution in [3.05, 3.63) is 59.7 Å². The number of hydrogen-bond donors (Lipinski definition) is 3. The molecule has 0 saturated carbocycles. The summed E-state index contributed by atoms with van der Waals surface area (Å²) in [5, 5.41) is 21.0. The first-order chi connectivity index (χ1) is 9.09. The van der Waals surface area contributed by atoms with Crippen LogP contribution in [0, 0.1) is 0 Å². The molecular weight excluding hydrogens is 269 g/mol. The summed E-state index contributed by atoms with van der Waals surface area (Å²) < 4.78 is 0. The summed E-state index contributed by atoms with van der Waals surface area (Å²) in [6.07, 6.45) is 0. The molecule has 0 atom stereocenters. The third-order valence-electron chi connectivity index (χ3n) is 2.58. The molecule has 0 unspecified atom stereocenters. The fraction of sp³-hybridized carbons (Fsp3) is 0. The van der Waals surface area contributed by atoms with Gasteiger partial charge in [-0.15, -0.1) is 0 Å². The topological polar surface area (TPSA) is 86.6 Å². The van der Waals surface area contributed by atoms with E-state index in [0.717, 1.165) is 0 Å². The minimum Gasteiger partial charge on any atom is -1.00 e. The number of hydrogen-bond acceptors (Lipinski definition) is 3. The predicted octanol–water partition coefficient (Wildman–Crippen LogP) is -0.0569. The van der Waals surface area contributed by atoms with Crippen LogP contribution in [0.5, 0.6) is 0 Å². The quantitative estimate of drug-likeness (QED) is 0.684. The standard InChI is InChI=1S/C14H11NO4.Na.H/c16-13(17)9-5-1-3-7-11(9)15-12-8-4-2-6-10(12)14(18)19;;/h1-8,15H,(H,16,17)(H,18,19);;/q;+1;-1. The summed E-state index contributed by atoms with van der Waals surface area (Å²) in [4.78, 5) is 22.1. The fourth-order valence-corrected chi connectivity index (χ4v) is 1.70. The molecule has 0 aliphatic carbocycles. The average Bonchev–Trinajstić information content (AvgIpc) is 2.39. The summed E-state index contributed by atoms with van der Waals surface area (Å²) in [5.41, 5.74) is 0.873. The molecule has 0 amide bonds. The smallest absolute Gasteiger partial charge is 1.00 e. The molecule has 3 N–H and O–H groups in total. The largest absolute Gasteiger partial charge is 1.00 e. The van der Waals surface area contributed by atoms with Gasteiger partial charge in [0.15, 0.2) is 0 Å². The van der Waals surface area contributed by atoms with Crippen LogP contribution in [0.1, 0.15) is 22.1 Å². The molecule has 20 heavy (non-hydrogen) atoms. The molecule has 2 rings (SSSR count). The van der Waals surface area contributed by atoms with E-state index in [4.69, 9.17) is 10.2 Å². The number of para-hydroxylation sites is 2. The molecule has 0 radical (unpaired) electrons. The number of carbonyl (C=O) groups is 2. The normalized spacial score (nSPS) is 9.40. The molecule has 0 aliphatic rings. The maximum Gasteiger partial charge on any atom is 1.00 e. The van der Waals surface area contributed by atoms with Crippen molar-refractivity contribution in [2.45, 2.75) is 0 Å². The van der Waals surface area contributed by atoms with Crippen LogP contribution < -0.4 is 34.9 Å². The first-order valence-electron chi connectivity index (χ1n) is 5.51. The molecule has 0 aromatic heterocycles. The zero-order valence-electron chi connectivity index (χ0n) is 11.8. The Morgan fingerprint density at radius 2 is 1.15 bits per heavy atom. The van der Waals surface area contributed by atoms with E-state index in [1.807, 2.05) is 0 Å². The van der Waals surface area contributed by atoms with Crippen molar-refractivity contribution in [3.8, 4) is 0 Å². The molecule has 0 heterocycles. The molecule has 6 heteroatoms. The summed E-state index contributed by atoms with van der Waals surface area (Å²) in [6, 6.07) is 12.7. The van der Waals surface area contributed by atoms with Crippen LogP contribution in [0.2, 0.25) is 0 Å². The molecule has 2 aromatic carbocycles. The van der Waals surface area contributed by atoms with Gasteiger partial charge in [-0.25, -0.2) is 9.59 Å². The van der Waals surface area contributed by atoms with Gasteiger partial charge >= 0.3 is 41.5 Å². The van der Waals surface area contributed by atoms with Gasteiger partial charge in [-0.05, 0) is 24.3 Å². The Bertz CT molecular complexity index is 593. The molecule has 0 spiro atoms. The van der Waals surface area contributed by atoms with Crippen molar-refractivity contribution in [1.82, 2.24) is 0 Å². The van der Waals surface area contributed by atoms with Gasteiger partial charge in [0, 0.05) is 0 Å². The van der Waals surface area contributed by atoms with Crippen molar-refractivity contribution < 1.29 is 50.8 Å². The number of carboxylic acid groups (broad SMARTS) is 2. The van der Waals surface area contributed by atoms with E-state index in [9.17, 15) is 9.59 Å². The third kappa shape index (κ3) is 3.60. The number of benzene rings is 2. The van der Waals surface area contributed by atoms with Crippen LogP contribution in [0.25, 0.3) is 0 Å². The fourth-order valence-electron chi connectivity index (χ4n) is 1.70. The number of anilines is 2. The molecular formula is C14H12NNaO4. The Balaban J connectivity index is 0.00000200. The van der Waals surface area contributed by atoms with Gasteiger partial charge in [0.25, 0.3) is 0 Å². The minimum absolute atomic E-state index is 0. The number of rotatable bonds is 4. The van der Waals surface area contributed by atoms with Crippen LogP contribution in [-0.2, 0) is 0 Å². The van der Waals surface area contributed by atoms with Gasteiger partial charge < -0.3 is 17.0 Å². The zero-order chi connectivity index (χ0) is 13.8. The van der Waals surface area contributed by atoms with E-state index in [0.29, 0.717) is 11.4 Å². The van der Waals surface area contributed by atoms with E-state index in [1.165, 1.54) is 12.1 Å². The van der Waals surface area contributed by atoms with Gasteiger partial charge in [-0.2, -0.15) is 0 Å². The third-order valence-corrected chi connectivity index (χ3v) is 2.58. The molecule has 0 saturated heterocycles. The molecule has 0 fully saturated rings. The van der Waals surface area contributed by atoms with Crippen LogP contribution >= 0.6 is 0 Å². The first-order valence-corrected chi connectivity index (χ1v) is 5.51. The Morgan fingerprint density at radius 1 is 0.800 bits per heavy atom. The SMILES string of the molecule is O=C(O)c1ccccc1Nc1ccccc1C(=O)O.[H-].[Na+]. The summed E-state index contributed by atoms with van der Waals surface area (Å²) >= 11 is 0. The van der Waals surface area contributed by atoms with Crippen molar-refractivity contribution in [3.63, 3.8) is 0 Å². The first kappa shape index (κ1) is 16.2. The second-order valence-corrected chi connectivity index (χ2v) is 3.83. The average molecular weight is 281 g/mol. The Labute approximate surface area is 139 Å². The molecule has 0 aliphatic heterocycles. The molecule has 2 aromatic rings. The van der Waals surface area contributed by atoms with Crippen molar-refractivity contribution in [2.24, 2.45) is 0 Å². The summed E-state index contributed by atoms with van der Waals surface area (Å²) in [6.45, 7) is 0. The monoisotopic (exact) mass is 281 g/mol. The molecule has 98 valence electrons. The van der Waals surface area contributed by atoms with Crippen molar-refractivity contribution >= 4 is 23.3 Å². The summed E-state index contributed by atoms with van der Waals surface area (Å²) in [5.74, 6) is -2.15. The van der Waals surface area contributed by atoms with Gasteiger partial charge in [0.2, 0.25) is 0 Å². The van der Waals surface area contributed by atoms with E-state index >= 15 is 0 Å². The predicted molar refractivity (Wildman–Crippen MR) is 71.2 cm³/mol. The number of aromatic carboxylic acids is 2. The maximum absolute atomic E-state index is 11.1. The second-order valence-electron chi connectivity index (χ2n) is 3.83. The minimum atomic E-state index is -1.07. The summed E-state index contributed by atoms with van der Waals surface area (Å²) in [7, 11) is 0. The number of nitrogens with one attached hydrogen (secondary N) is 1. The van der Waals surface area contributed by atoms with E-state index in [1.54, 1.807) is 36.4 Å². The zero-order valence-corrected chi connectivity index (χ0v) is 12.8. The van der Waals surface area contributed by atoms with Gasteiger partial charge in [-0.3, -0.25) is 0 Å². The van der Waals surface area contributed by atoms with Crippen LogP contribution in [0.4, 0.5) is 11.4 Å². The maximum atomic E-state index is 11.1. The van der Waals surface area contributed by atoms with E-state index < -0.39 is 11.9 Å². The Hall–Kier alpha value is -1.82. The number of carboxylic acids is 2. The van der Waals surface area contributed by atoms with Crippen LogP contribution in [-0.4, -0.2) is 22.2 Å². The van der Waals surface area contributed by atoms with E-state index in [2.05, 4.69) is 5.32 Å². The van der Waals surface area contributed by atoms with Crippen LogP contribution in [0.15, 0.2) is 48.5 Å². The second kappa shape index (κ2) is 7.09. The van der Waals surface area contributed by atoms with Gasteiger partial charge in [0.05, 0.1) is 22.5 Å². The molecule has 0 bridgehead atoms. The molecule has 5 nitrogen and oxygen atoms in total. The van der Waals surface area contributed by atoms with Crippen molar-refractivity contribution in [1.29, 1.82) is 0 Å². The van der Waals surface area contributed by atoms with Crippen molar-refractivity contribution in [2.75, 3.05) is 5.32 Å². The van der Waals surface area contributed by atoms with Gasteiger partial charge in [0.1, 0.15) is 0 Å². The Kier molecular flexibility index (Phi) is 5.76.